The molecule has 0 aromatic heterocycles. The van der Waals surface area contributed by atoms with Crippen LogP contribution in [-0.2, 0) is 6.42 Å². The fourth-order valence-corrected chi connectivity index (χ4v) is 4.42. The maximum Gasteiger partial charge on any atom is 0.126 e. The van der Waals surface area contributed by atoms with E-state index >= 15 is 0 Å². The second-order valence-electron chi connectivity index (χ2n) is 8.43. The minimum absolute atomic E-state index is 0. The Morgan fingerprint density at radius 3 is 2.67 bits per heavy atom. The molecule has 1 aliphatic heterocycles. The van der Waals surface area contributed by atoms with Crippen LogP contribution in [0.3, 0.4) is 0 Å². The zero-order valence-electron chi connectivity index (χ0n) is 17.6. The molecule has 2 aliphatic rings. The van der Waals surface area contributed by atoms with E-state index in [9.17, 15) is 5.11 Å². The van der Waals surface area contributed by atoms with Crippen LogP contribution in [0.15, 0.2) is 48.5 Å². The third-order valence-electron chi connectivity index (χ3n) is 6.17. The first kappa shape index (κ1) is 22.9. The van der Waals surface area contributed by atoms with Gasteiger partial charge in [0, 0.05) is 18.0 Å². The molecular formula is C25H34ClNO3. The normalized spacial score (nSPS) is 19.8. The number of nitrogens with one attached hydrogen (secondary N) is 1. The number of ether oxygens (including phenoxy) is 2. The first-order valence-electron chi connectivity index (χ1n) is 11.1. The summed E-state index contributed by atoms with van der Waals surface area (Å²) in [6.45, 7) is 1.86. The average Bonchev–Trinajstić information content (AvgIpc) is 2.78. The predicted molar refractivity (Wildman–Crippen MR) is 123 cm³/mol. The molecule has 2 atom stereocenters. The minimum atomic E-state index is -0.453. The molecule has 0 radical (unpaired) electrons. The van der Waals surface area contributed by atoms with E-state index in [4.69, 9.17) is 9.47 Å². The van der Waals surface area contributed by atoms with Gasteiger partial charge in [-0.05, 0) is 49.4 Å². The highest BCUT2D eigenvalue weighted by molar-refractivity contribution is 5.85. The highest BCUT2D eigenvalue weighted by Crippen LogP contribution is 2.34. The number of fused-ring (bicyclic) bond motifs is 1. The lowest BCUT2D eigenvalue weighted by Crippen LogP contribution is -2.34. The van der Waals surface area contributed by atoms with Crippen LogP contribution in [0.4, 0.5) is 0 Å². The van der Waals surface area contributed by atoms with E-state index in [0.717, 1.165) is 30.9 Å². The lowest BCUT2D eigenvalue weighted by atomic mass is 9.90. The van der Waals surface area contributed by atoms with Crippen molar-refractivity contribution in [2.45, 2.75) is 63.0 Å². The Labute approximate surface area is 186 Å². The minimum Gasteiger partial charge on any atom is -0.493 e. The van der Waals surface area contributed by atoms with Gasteiger partial charge in [-0.2, -0.15) is 0 Å². The summed E-state index contributed by atoms with van der Waals surface area (Å²) in [7, 11) is 0. The molecular weight excluding hydrogens is 398 g/mol. The molecule has 4 rings (SSSR count). The molecule has 0 saturated heterocycles. The summed E-state index contributed by atoms with van der Waals surface area (Å²) in [6.07, 6.45) is 7.81. The topological polar surface area (TPSA) is 50.7 Å². The number of halogens is 1. The van der Waals surface area contributed by atoms with Gasteiger partial charge in [0.05, 0.1) is 12.7 Å². The van der Waals surface area contributed by atoms with Crippen molar-refractivity contribution in [1.82, 2.24) is 5.32 Å². The molecule has 2 aromatic carbocycles. The van der Waals surface area contributed by atoms with E-state index in [1.807, 2.05) is 18.2 Å². The molecule has 0 bridgehead atoms. The van der Waals surface area contributed by atoms with E-state index in [1.165, 1.54) is 43.2 Å². The van der Waals surface area contributed by atoms with Crippen LogP contribution in [0.2, 0.25) is 0 Å². The highest BCUT2D eigenvalue weighted by atomic mass is 35.5. The molecule has 5 heteroatoms. The van der Waals surface area contributed by atoms with Crippen molar-refractivity contribution in [3.63, 3.8) is 0 Å². The first-order chi connectivity index (χ1) is 14.3. The molecule has 164 valence electrons. The summed E-state index contributed by atoms with van der Waals surface area (Å²) in [5.74, 6) is 2.07. The smallest absolute Gasteiger partial charge is 0.126 e. The quantitative estimate of drug-likeness (QED) is 0.625. The summed E-state index contributed by atoms with van der Waals surface area (Å²) in [6, 6.07) is 17.2. The van der Waals surface area contributed by atoms with Gasteiger partial charge < -0.3 is 19.9 Å². The van der Waals surface area contributed by atoms with Crippen LogP contribution in [0.1, 0.15) is 55.6 Å². The zero-order chi connectivity index (χ0) is 19.9. The summed E-state index contributed by atoms with van der Waals surface area (Å²) in [4.78, 5) is 0. The Hall–Kier alpha value is -1.75. The Bertz CT molecular complexity index is 764. The molecule has 1 heterocycles. The Balaban J connectivity index is 0.00000256. The molecule has 2 N–H and O–H groups in total. The van der Waals surface area contributed by atoms with Crippen molar-refractivity contribution < 1.29 is 14.6 Å². The van der Waals surface area contributed by atoms with Crippen LogP contribution in [-0.4, -0.2) is 37.0 Å². The molecule has 2 aromatic rings. The maximum atomic E-state index is 10.2. The van der Waals surface area contributed by atoms with Crippen molar-refractivity contribution in [3.05, 3.63) is 59.7 Å². The Morgan fingerprint density at radius 1 is 1.07 bits per heavy atom. The van der Waals surface area contributed by atoms with Crippen molar-refractivity contribution in [2.75, 3.05) is 19.8 Å². The molecule has 4 nitrogen and oxygen atoms in total. The lowest BCUT2D eigenvalue weighted by molar-refractivity contribution is 0.0984. The number of aliphatic hydroxyl groups is 1. The number of hydrogen-bond donors (Lipinski definition) is 2. The standard InChI is InChI=1S/C25H33NO3.ClH/c27-23(13-14-26-22-9-5-2-6-10-22)18-28-24-12-11-20-15-21(17-29-25(20)16-24)19-7-3-1-4-8-19;/h1,3-4,7-8,11-12,16,21-23,26-27H,2,5-6,9-10,13-15,17-18H2;1H. The van der Waals surface area contributed by atoms with Crippen LogP contribution in [0.25, 0.3) is 0 Å². The maximum absolute atomic E-state index is 10.2. The first-order valence-corrected chi connectivity index (χ1v) is 11.1. The third kappa shape index (κ3) is 6.37. The van der Waals surface area contributed by atoms with Crippen LogP contribution in [0.5, 0.6) is 11.5 Å². The van der Waals surface area contributed by atoms with Gasteiger partial charge >= 0.3 is 0 Å². The summed E-state index contributed by atoms with van der Waals surface area (Å²) in [5.41, 5.74) is 2.54. The van der Waals surface area contributed by atoms with Gasteiger partial charge in [-0.3, -0.25) is 0 Å². The van der Waals surface area contributed by atoms with E-state index in [1.54, 1.807) is 0 Å². The van der Waals surface area contributed by atoms with Crippen LogP contribution >= 0.6 is 12.4 Å². The fourth-order valence-electron chi connectivity index (χ4n) is 4.42. The van der Waals surface area contributed by atoms with Gasteiger partial charge in [0.2, 0.25) is 0 Å². The number of rotatable bonds is 8. The average molecular weight is 432 g/mol. The van der Waals surface area contributed by atoms with Crippen molar-refractivity contribution in [3.8, 4) is 11.5 Å². The Kier molecular flexibility index (Phi) is 8.86. The third-order valence-corrected chi connectivity index (χ3v) is 6.17. The second-order valence-corrected chi connectivity index (χ2v) is 8.43. The largest absolute Gasteiger partial charge is 0.493 e. The predicted octanol–water partition coefficient (Wildman–Crippen LogP) is 4.88. The molecule has 1 saturated carbocycles. The van der Waals surface area contributed by atoms with E-state index < -0.39 is 6.10 Å². The molecule has 2 unspecified atom stereocenters. The van der Waals surface area contributed by atoms with Gasteiger partial charge in [-0.25, -0.2) is 0 Å². The summed E-state index contributed by atoms with van der Waals surface area (Å²) in [5, 5.41) is 13.8. The summed E-state index contributed by atoms with van der Waals surface area (Å²) >= 11 is 0. The van der Waals surface area contributed by atoms with E-state index in [-0.39, 0.29) is 12.4 Å². The molecule has 30 heavy (non-hydrogen) atoms. The lowest BCUT2D eigenvalue weighted by Gasteiger charge is -2.26. The van der Waals surface area contributed by atoms with Crippen LogP contribution < -0.4 is 14.8 Å². The number of aliphatic hydroxyl groups excluding tert-OH is 1. The molecule has 1 fully saturated rings. The number of benzene rings is 2. The Morgan fingerprint density at radius 2 is 1.87 bits per heavy atom. The van der Waals surface area contributed by atoms with Crippen molar-refractivity contribution >= 4 is 12.4 Å². The fraction of sp³-hybridized carbons (Fsp3) is 0.520. The van der Waals surface area contributed by atoms with Gasteiger partial charge in [0.1, 0.15) is 18.1 Å². The molecule has 1 aliphatic carbocycles. The highest BCUT2D eigenvalue weighted by Gasteiger charge is 2.22. The molecule has 0 amide bonds. The van der Waals surface area contributed by atoms with Gasteiger partial charge in [-0.15, -0.1) is 12.4 Å². The second kappa shape index (κ2) is 11.6. The summed E-state index contributed by atoms with van der Waals surface area (Å²) < 4.78 is 11.8. The zero-order valence-corrected chi connectivity index (χ0v) is 18.4. The van der Waals surface area contributed by atoms with E-state index in [0.29, 0.717) is 25.2 Å². The van der Waals surface area contributed by atoms with E-state index in [2.05, 4.69) is 35.6 Å². The SMILES string of the molecule is Cl.OC(CCNC1CCCCC1)COc1ccc2c(c1)OCC(c1ccccc1)C2. The van der Waals surface area contributed by atoms with Crippen LogP contribution in [0, 0.1) is 0 Å². The van der Waals surface area contributed by atoms with Crippen molar-refractivity contribution in [2.24, 2.45) is 0 Å². The van der Waals surface area contributed by atoms with Gasteiger partial charge in [-0.1, -0.05) is 55.7 Å². The monoisotopic (exact) mass is 431 g/mol. The molecule has 0 spiro atoms. The van der Waals surface area contributed by atoms with Gasteiger partial charge in [0.25, 0.3) is 0 Å². The van der Waals surface area contributed by atoms with Crippen molar-refractivity contribution in [1.29, 1.82) is 0 Å². The number of hydrogen-bond acceptors (Lipinski definition) is 4. The van der Waals surface area contributed by atoms with Gasteiger partial charge in [0.15, 0.2) is 0 Å².